The number of carbonyl (C=O) groups is 1. The average Bonchev–Trinajstić information content (AvgIpc) is 3.17. The molecule has 3 aromatic rings. The molecular formula is C21H22N4O. The Morgan fingerprint density at radius 2 is 2.08 bits per heavy atom. The minimum Gasteiger partial charge on any atom is -0.344 e. The van der Waals surface area contributed by atoms with Gasteiger partial charge in [-0.2, -0.15) is 0 Å². The molecule has 2 heterocycles. The highest BCUT2D eigenvalue weighted by atomic mass is 16.2. The average molecular weight is 346 g/mol. The first-order chi connectivity index (χ1) is 12.8. The molecule has 0 bridgehead atoms. The van der Waals surface area contributed by atoms with Crippen LogP contribution in [0.1, 0.15) is 25.3 Å². The Morgan fingerprint density at radius 3 is 2.96 bits per heavy atom. The largest absolute Gasteiger partial charge is 0.344 e. The van der Waals surface area contributed by atoms with Crippen LogP contribution < -0.4 is 10.2 Å². The second-order valence-corrected chi connectivity index (χ2v) is 6.61. The van der Waals surface area contributed by atoms with E-state index in [0.29, 0.717) is 0 Å². The van der Waals surface area contributed by atoms with Gasteiger partial charge in [0.1, 0.15) is 18.2 Å². The zero-order chi connectivity index (χ0) is 17.9. The van der Waals surface area contributed by atoms with Crippen LogP contribution in [0, 0.1) is 0 Å². The van der Waals surface area contributed by atoms with Crippen molar-refractivity contribution in [2.24, 2.45) is 0 Å². The van der Waals surface area contributed by atoms with Gasteiger partial charge in [0, 0.05) is 17.6 Å². The van der Waals surface area contributed by atoms with Crippen molar-refractivity contribution in [1.29, 1.82) is 0 Å². The molecule has 1 saturated heterocycles. The molecule has 0 radical (unpaired) electrons. The molecule has 1 aliphatic heterocycles. The van der Waals surface area contributed by atoms with Gasteiger partial charge in [0.25, 0.3) is 0 Å². The number of carbonyl (C=O) groups excluding carboxylic acids is 1. The Morgan fingerprint density at radius 1 is 1.19 bits per heavy atom. The van der Waals surface area contributed by atoms with Crippen molar-refractivity contribution in [1.82, 2.24) is 9.97 Å². The van der Waals surface area contributed by atoms with Gasteiger partial charge < -0.3 is 10.2 Å². The van der Waals surface area contributed by atoms with E-state index in [9.17, 15) is 4.79 Å². The lowest BCUT2D eigenvalue weighted by Crippen LogP contribution is -2.40. The molecule has 0 aliphatic carbocycles. The minimum atomic E-state index is -0.210. The molecule has 26 heavy (non-hydrogen) atoms. The summed E-state index contributed by atoms with van der Waals surface area (Å²) in [5.41, 5.74) is 2.97. The van der Waals surface area contributed by atoms with Crippen molar-refractivity contribution in [2.45, 2.75) is 32.2 Å². The highest BCUT2D eigenvalue weighted by molar-refractivity contribution is 5.99. The first kappa shape index (κ1) is 16.5. The molecule has 1 N–H and O–H groups in total. The monoisotopic (exact) mass is 346 g/mol. The Bertz CT molecular complexity index is 935. The van der Waals surface area contributed by atoms with E-state index < -0.39 is 0 Å². The fraction of sp³-hybridized carbons (Fsp3) is 0.286. The molecule has 2 aromatic carbocycles. The van der Waals surface area contributed by atoms with E-state index in [4.69, 9.17) is 0 Å². The van der Waals surface area contributed by atoms with Crippen molar-refractivity contribution in [3.8, 4) is 0 Å². The van der Waals surface area contributed by atoms with Crippen LogP contribution in [0.3, 0.4) is 0 Å². The predicted octanol–water partition coefficient (Wildman–Crippen LogP) is 3.80. The van der Waals surface area contributed by atoms with Gasteiger partial charge in [-0.05, 0) is 49.1 Å². The number of nitrogens with one attached hydrogen (secondary N) is 1. The minimum absolute atomic E-state index is 0.0263. The lowest BCUT2D eigenvalue weighted by molar-refractivity contribution is -0.117. The van der Waals surface area contributed by atoms with E-state index in [-0.39, 0.29) is 11.9 Å². The van der Waals surface area contributed by atoms with Crippen LogP contribution in [0.4, 0.5) is 11.5 Å². The van der Waals surface area contributed by atoms with Gasteiger partial charge in [-0.1, -0.05) is 31.2 Å². The predicted molar refractivity (Wildman–Crippen MR) is 104 cm³/mol. The molecular weight excluding hydrogens is 324 g/mol. The van der Waals surface area contributed by atoms with Gasteiger partial charge in [0.2, 0.25) is 5.91 Å². The lowest BCUT2D eigenvalue weighted by Gasteiger charge is -2.25. The Kier molecular flexibility index (Phi) is 4.52. The second kappa shape index (κ2) is 7.12. The molecule has 1 aliphatic rings. The number of hydrogen-bond donors (Lipinski definition) is 1. The Labute approximate surface area is 153 Å². The number of anilines is 2. The molecule has 132 valence electrons. The second-order valence-electron chi connectivity index (χ2n) is 6.61. The fourth-order valence-electron chi connectivity index (χ4n) is 3.61. The molecule has 0 unspecified atom stereocenters. The third-order valence-electron chi connectivity index (χ3n) is 4.95. The number of nitrogens with zero attached hydrogens (tertiary/aromatic N) is 3. The number of aromatic nitrogens is 2. The van der Waals surface area contributed by atoms with Crippen LogP contribution in [0.2, 0.25) is 0 Å². The van der Waals surface area contributed by atoms with Gasteiger partial charge in [0.15, 0.2) is 0 Å². The molecule has 1 atom stereocenters. The third kappa shape index (κ3) is 3.12. The maximum Gasteiger partial charge on any atom is 0.247 e. The van der Waals surface area contributed by atoms with E-state index in [0.717, 1.165) is 48.2 Å². The number of rotatable bonds is 4. The molecule has 4 rings (SSSR count). The molecule has 0 saturated carbocycles. The Balaban J connectivity index is 1.60. The normalized spacial score (nSPS) is 16.8. The van der Waals surface area contributed by atoms with Crippen LogP contribution in [-0.2, 0) is 11.2 Å². The summed E-state index contributed by atoms with van der Waals surface area (Å²) in [6.07, 6.45) is 4.34. The highest BCUT2D eigenvalue weighted by Gasteiger charge is 2.32. The standard InChI is InChI=1S/C21H22N4O/c1-2-15-7-5-8-16(13-15)24-21(26)19-11-6-12-25(19)20-17-9-3-4-10-18(17)22-14-23-20/h3-5,7-10,13-14,19H,2,6,11-12H2,1H3,(H,24,26)/t19-/m0/s1. The summed E-state index contributed by atoms with van der Waals surface area (Å²) in [5.74, 6) is 0.869. The zero-order valence-corrected chi connectivity index (χ0v) is 14.9. The van der Waals surface area contributed by atoms with Crippen molar-refractivity contribution < 1.29 is 4.79 Å². The number of amides is 1. The number of para-hydroxylation sites is 1. The number of benzene rings is 2. The zero-order valence-electron chi connectivity index (χ0n) is 14.9. The smallest absolute Gasteiger partial charge is 0.247 e. The van der Waals surface area contributed by atoms with Crippen LogP contribution in [0.15, 0.2) is 54.9 Å². The topological polar surface area (TPSA) is 58.1 Å². The number of hydrogen-bond acceptors (Lipinski definition) is 4. The maximum atomic E-state index is 12.9. The summed E-state index contributed by atoms with van der Waals surface area (Å²) < 4.78 is 0. The van der Waals surface area contributed by atoms with Crippen molar-refractivity contribution >= 4 is 28.3 Å². The first-order valence-corrected chi connectivity index (χ1v) is 9.12. The summed E-state index contributed by atoms with van der Waals surface area (Å²) in [6, 6.07) is 15.8. The third-order valence-corrected chi connectivity index (χ3v) is 4.95. The van der Waals surface area contributed by atoms with E-state index in [1.54, 1.807) is 6.33 Å². The molecule has 5 heteroatoms. The van der Waals surface area contributed by atoms with Crippen molar-refractivity contribution in [3.63, 3.8) is 0 Å². The molecule has 5 nitrogen and oxygen atoms in total. The number of fused-ring (bicyclic) bond motifs is 1. The van der Waals surface area contributed by atoms with E-state index in [1.165, 1.54) is 5.56 Å². The van der Waals surface area contributed by atoms with Crippen LogP contribution >= 0.6 is 0 Å². The lowest BCUT2D eigenvalue weighted by atomic mass is 10.1. The van der Waals surface area contributed by atoms with Crippen LogP contribution in [0.25, 0.3) is 10.9 Å². The van der Waals surface area contributed by atoms with Gasteiger partial charge in [-0.25, -0.2) is 9.97 Å². The summed E-state index contributed by atoms with van der Waals surface area (Å²) in [6.45, 7) is 2.94. The quantitative estimate of drug-likeness (QED) is 0.781. The van der Waals surface area contributed by atoms with Gasteiger partial charge >= 0.3 is 0 Å². The molecule has 1 fully saturated rings. The van der Waals surface area contributed by atoms with Crippen molar-refractivity contribution in [2.75, 3.05) is 16.8 Å². The van der Waals surface area contributed by atoms with E-state index in [1.807, 2.05) is 42.5 Å². The van der Waals surface area contributed by atoms with Gasteiger partial charge in [-0.15, -0.1) is 0 Å². The number of aryl methyl sites for hydroxylation is 1. The first-order valence-electron chi connectivity index (χ1n) is 9.12. The molecule has 1 aromatic heterocycles. The van der Waals surface area contributed by atoms with Gasteiger partial charge in [-0.3, -0.25) is 4.79 Å². The van der Waals surface area contributed by atoms with Crippen molar-refractivity contribution in [3.05, 3.63) is 60.4 Å². The fourth-order valence-corrected chi connectivity index (χ4v) is 3.61. The summed E-state index contributed by atoms with van der Waals surface area (Å²) >= 11 is 0. The summed E-state index contributed by atoms with van der Waals surface area (Å²) in [7, 11) is 0. The summed E-state index contributed by atoms with van der Waals surface area (Å²) in [5, 5.41) is 4.07. The SMILES string of the molecule is CCc1cccc(NC(=O)[C@@H]2CCCN2c2ncnc3ccccc23)c1. The molecule has 0 spiro atoms. The molecule has 1 amide bonds. The summed E-state index contributed by atoms with van der Waals surface area (Å²) in [4.78, 5) is 23.9. The highest BCUT2D eigenvalue weighted by Crippen LogP contribution is 2.30. The van der Waals surface area contributed by atoms with E-state index in [2.05, 4.69) is 33.2 Å². The van der Waals surface area contributed by atoms with Gasteiger partial charge in [0.05, 0.1) is 5.52 Å². The Hall–Kier alpha value is -2.95. The van der Waals surface area contributed by atoms with Crippen LogP contribution in [-0.4, -0.2) is 28.5 Å². The maximum absolute atomic E-state index is 12.9. The van der Waals surface area contributed by atoms with Crippen LogP contribution in [0.5, 0.6) is 0 Å². The van der Waals surface area contributed by atoms with E-state index >= 15 is 0 Å².